The van der Waals surface area contributed by atoms with E-state index in [4.69, 9.17) is 15.6 Å². The molecule has 5 N–H and O–H groups in total. The van der Waals surface area contributed by atoms with Crippen molar-refractivity contribution in [3.05, 3.63) is 32.6 Å². The van der Waals surface area contributed by atoms with E-state index >= 15 is 0 Å². The molecule has 1 aliphatic rings. The van der Waals surface area contributed by atoms with Gasteiger partial charge in [-0.25, -0.2) is 4.79 Å². The lowest BCUT2D eigenvalue weighted by Gasteiger charge is -2.14. The van der Waals surface area contributed by atoms with E-state index in [2.05, 4.69) is 4.98 Å². The summed E-state index contributed by atoms with van der Waals surface area (Å²) in [6.45, 7) is -0.339. The van der Waals surface area contributed by atoms with Gasteiger partial charge in [-0.1, -0.05) is 0 Å². The maximum Gasteiger partial charge on any atom is 0.330 e. The SMILES string of the molecule is NCc1cn([C@H]2C[C@H](O)[C@@H](CO)O2)c(=O)[nH]c1=O. The van der Waals surface area contributed by atoms with Crippen molar-refractivity contribution in [1.29, 1.82) is 0 Å². The molecule has 0 aliphatic carbocycles. The van der Waals surface area contributed by atoms with E-state index in [9.17, 15) is 14.7 Å². The highest BCUT2D eigenvalue weighted by Gasteiger charge is 2.35. The first-order chi connectivity index (χ1) is 8.56. The predicted molar refractivity (Wildman–Crippen MR) is 60.8 cm³/mol. The van der Waals surface area contributed by atoms with Crippen molar-refractivity contribution in [2.45, 2.75) is 31.4 Å². The average Bonchev–Trinajstić information content (AvgIpc) is 2.70. The molecule has 100 valence electrons. The number of nitrogens with one attached hydrogen (secondary N) is 1. The molecule has 0 unspecified atom stereocenters. The molecule has 3 atom stereocenters. The van der Waals surface area contributed by atoms with Gasteiger partial charge in [0.05, 0.1) is 12.7 Å². The van der Waals surface area contributed by atoms with Gasteiger partial charge in [0.15, 0.2) is 0 Å². The first kappa shape index (κ1) is 13.0. The standard InChI is InChI=1S/C10H15N3O5/c11-2-5-3-13(10(17)12-9(5)16)8-1-6(15)7(4-14)18-8/h3,6-8,14-15H,1-2,4,11H2,(H,12,16,17)/t6-,7+,8+/m0/s1. The Balaban J connectivity index is 2.35. The fraction of sp³-hybridized carbons (Fsp3) is 0.600. The summed E-state index contributed by atoms with van der Waals surface area (Å²) in [5.74, 6) is 0. The zero-order valence-corrected chi connectivity index (χ0v) is 9.57. The van der Waals surface area contributed by atoms with Crippen LogP contribution in [0.15, 0.2) is 15.8 Å². The summed E-state index contributed by atoms with van der Waals surface area (Å²) >= 11 is 0. The summed E-state index contributed by atoms with van der Waals surface area (Å²) in [7, 11) is 0. The van der Waals surface area contributed by atoms with Crippen LogP contribution in [0.4, 0.5) is 0 Å². The van der Waals surface area contributed by atoms with Crippen LogP contribution in [-0.4, -0.2) is 38.6 Å². The Morgan fingerprint density at radius 1 is 1.56 bits per heavy atom. The lowest BCUT2D eigenvalue weighted by atomic mass is 10.2. The van der Waals surface area contributed by atoms with E-state index in [1.54, 1.807) is 0 Å². The molecule has 18 heavy (non-hydrogen) atoms. The summed E-state index contributed by atoms with van der Waals surface area (Å²) in [6, 6.07) is 0. The quantitative estimate of drug-likeness (QED) is 0.479. The molecular weight excluding hydrogens is 242 g/mol. The fourth-order valence-corrected chi connectivity index (χ4v) is 1.94. The van der Waals surface area contributed by atoms with Gasteiger partial charge in [-0.2, -0.15) is 0 Å². The molecule has 0 spiro atoms. The van der Waals surface area contributed by atoms with E-state index in [-0.39, 0.29) is 25.1 Å². The van der Waals surface area contributed by atoms with E-state index in [1.165, 1.54) is 10.8 Å². The molecule has 0 saturated carbocycles. The third-order valence-electron chi connectivity index (χ3n) is 2.96. The highest BCUT2D eigenvalue weighted by molar-refractivity contribution is 5.04. The number of ether oxygens (including phenoxy) is 1. The minimum atomic E-state index is -0.847. The number of H-pyrrole nitrogens is 1. The van der Waals surface area contributed by atoms with Crippen LogP contribution in [0.5, 0.6) is 0 Å². The van der Waals surface area contributed by atoms with Crippen LogP contribution < -0.4 is 17.0 Å². The summed E-state index contributed by atoms with van der Waals surface area (Å²) in [5, 5.41) is 18.6. The Hall–Kier alpha value is -1.48. The summed E-state index contributed by atoms with van der Waals surface area (Å²) in [5.41, 5.74) is 4.47. The van der Waals surface area contributed by atoms with Gasteiger partial charge < -0.3 is 20.7 Å². The number of aromatic amines is 1. The molecule has 0 bridgehead atoms. The second kappa shape index (κ2) is 5.02. The van der Waals surface area contributed by atoms with E-state index < -0.39 is 29.7 Å². The molecule has 8 heteroatoms. The number of hydrogen-bond acceptors (Lipinski definition) is 6. The molecule has 2 heterocycles. The van der Waals surface area contributed by atoms with Gasteiger partial charge in [-0.3, -0.25) is 14.3 Å². The first-order valence-electron chi connectivity index (χ1n) is 5.55. The highest BCUT2D eigenvalue weighted by Crippen LogP contribution is 2.27. The first-order valence-corrected chi connectivity index (χ1v) is 5.55. The number of aliphatic hydroxyl groups excluding tert-OH is 2. The van der Waals surface area contributed by atoms with Crippen molar-refractivity contribution in [2.24, 2.45) is 5.73 Å². The maximum atomic E-state index is 11.6. The lowest BCUT2D eigenvalue weighted by Crippen LogP contribution is -2.35. The Labute approximate surface area is 102 Å². The minimum absolute atomic E-state index is 0.00564. The Morgan fingerprint density at radius 3 is 2.83 bits per heavy atom. The van der Waals surface area contributed by atoms with Crippen LogP contribution >= 0.6 is 0 Å². The number of nitrogens with two attached hydrogens (primary N) is 1. The number of aliphatic hydroxyl groups is 2. The normalized spacial score (nSPS) is 27.6. The van der Waals surface area contributed by atoms with Crippen LogP contribution in [0.3, 0.4) is 0 Å². The number of rotatable bonds is 3. The Morgan fingerprint density at radius 2 is 2.28 bits per heavy atom. The van der Waals surface area contributed by atoms with Crippen LogP contribution in [0.1, 0.15) is 18.2 Å². The van der Waals surface area contributed by atoms with E-state index in [1.807, 2.05) is 0 Å². The van der Waals surface area contributed by atoms with Gasteiger partial charge in [-0.05, 0) is 0 Å². The molecule has 1 fully saturated rings. The summed E-state index contributed by atoms with van der Waals surface area (Å²) < 4.78 is 6.50. The molecule has 1 aromatic rings. The molecular formula is C10H15N3O5. The smallest absolute Gasteiger partial charge is 0.330 e. The second-order valence-corrected chi connectivity index (χ2v) is 4.14. The van der Waals surface area contributed by atoms with E-state index in [0.29, 0.717) is 0 Å². The van der Waals surface area contributed by atoms with Gasteiger partial charge in [0, 0.05) is 24.7 Å². The van der Waals surface area contributed by atoms with Crippen LogP contribution in [0.25, 0.3) is 0 Å². The minimum Gasteiger partial charge on any atom is -0.394 e. The Kier molecular flexibility index (Phi) is 3.62. The van der Waals surface area contributed by atoms with Crippen LogP contribution in [-0.2, 0) is 11.3 Å². The van der Waals surface area contributed by atoms with Gasteiger partial charge in [0.1, 0.15) is 12.3 Å². The molecule has 1 aromatic heterocycles. The van der Waals surface area contributed by atoms with Crippen molar-refractivity contribution < 1.29 is 14.9 Å². The van der Waals surface area contributed by atoms with Gasteiger partial charge in [0.25, 0.3) is 5.56 Å². The monoisotopic (exact) mass is 257 g/mol. The van der Waals surface area contributed by atoms with Crippen LogP contribution in [0.2, 0.25) is 0 Å². The lowest BCUT2D eigenvalue weighted by molar-refractivity contribution is -0.0459. The highest BCUT2D eigenvalue weighted by atomic mass is 16.5. The average molecular weight is 257 g/mol. The molecule has 2 rings (SSSR count). The van der Waals surface area contributed by atoms with Crippen molar-refractivity contribution in [3.8, 4) is 0 Å². The third-order valence-corrected chi connectivity index (χ3v) is 2.96. The molecule has 0 radical (unpaired) electrons. The summed E-state index contributed by atoms with van der Waals surface area (Å²) in [4.78, 5) is 25.1. The second-order valence-electron chi connectivity index (χ2n) is 4.14. The largest absolute Gasteiger partial charge is 0.394 e. The van der Waals surface area contributed by atoms with Crippen molar-refractivity contribution in [3.63, 3.8) is 0 Å². The maximum absolute atomic E-state index is 11.6. The van der Waals surface area contributed by atoms with Crippen LogP contribution in [0, 0.1) is 0 Å². The molecule has 0 aromatic carbocycles. The molecule has 1 saturated heterocycles. The molecule has 8 nitrogen and oxygen atoms in total. The molecule has 0 amide bonds. The van der Waals surface area contributed by atoms with E-state index in [0.717, 1.165) is 0 Å². The zero-order valence-electron chi connectivity index (χ0n) is 9.57. The third kappa shape index (κ3) is 2.23. The number of nitrogens with zero attached hydrogens (tertiary/aromatic N) is 1. The zero-order chi connectivity index (χ0) is 13.3. The van der Waals surface area contributed by atoms with Gasteiger partial charge in [0.2, 0.25) is 0 Å². The Bertz CT molecular complexity index is 537. The van der Waals surface area contributed by atoms with Crippen molar-refractivity contribution in [2.75, 3.05) is 6.61 Å². The fourth-order valence-electron chi connectivity index (χ4n) is 1.94. The topological polar surface area (TPSA) is 131 Å². The van der Waals surface area contributed by atoms with Crippen molar-refractivity contribution >= 4 is 0 Å². The number of aromatic nitrogens is 2. The summed E-state index contributed by atoms with van der Waals surface area (Å²) in [6.07, 6.45) is -0.804. The van der Waals surface area contributed by atoms with Gasteiger partial charge >= 0.3 is 5.69 Å². The number of hydrogen-bond donors (Lipinski definition) is 4. The van der Waals surface area contributed by atoms with Gasteiger partial charge in [-0.15, -0.1) is 0 Å². The predicted octanol–water partition coefficient (Wildman–Crippen LogP) is -2.36. The van der Waals surface area contributed by atoms with Crippen molar-refractivity contribution in [1.82, 2.24) is 9.55 Å². The molecule has 1 aliphatic heterocycles.